The number of rotatable bonds is 4. The van der Waals surface area contributed by atoms with Gasteiger partial charge in [-0.15, -0.1) is 0 Å². The fourth-order valence-electron chi connectivity index (χ4n) is 3.41. The largest absolute Gasteiger partial charge is 0.481 e. The second kappa shape index (κ2) is 5.68. The summed E-state index contributed by atoms with van der Waals surface area (Å²) in [5, 5.41) is 9.13. The number of hydrogen-bond acceptors (Lipinski definition) is 6. The zero-order valence-corrected chi connectivity index (χ0v) is 13.1. The van der Waals surface area contributed by atoms with Crippen LogP contribution in [0.15, 0.2) is 6.33 Å². The zero-order chi connectivity index (χ0) is 16.6. The third-order valence-corrected chi connectivity index (χ3v) is 4.91. The van der Waals surface area contributed by atoms with Crippen LogP contribution in [0.4, 0.5) is 0 Å². The quantitative estimate of drug-likeness (QED) is 0.876. The first-order chi connectivity index (χ1) is 11.0. The van der Waals surface area contributed by atoms with Gasteiger partial charge in [0.15, 0.2) is 5.56 Å². The molecule has 8 nitrogen and oxygen atoms in total. The molecule has 1 atom stereocenters. The molecular formula is C15H19N3O5. The van der Waals surface area contributed by atoms with Gasteiger partial charge in [-0.25, -0.2) is 9.97 Å². The molecule has 1 aliphatic heterocycles. The molecular weight excluding hydrogens is 302 g/mol. The summed E-state index contributed by atoms with van der Waals surface area (Å²) in [6, 6.07) is 0. The minimum atomic E-state index is -0.732. The molecule has 1 unspecified atom stereocenters. The summed E-state index contributed by atoms with van der Waals surface area (Å²) in [4.78, 5) is 33.5. The maximum atomic E-state index is 12.8. The third-order valence-electron chi connectivity index (χ3n) is 4.91. The van der Waals surface area contributed by atoms with E-state index in [1.54, 1.807) is 4.90 Å². The molecule has 2 fully saturated rings. The van der Waals surface area contributed by atoms with E-state index >= 15 is 0 Å². The van der Waals surface area contributed by atoms with E-state index in [4.69, 9.17) is 14.6 Å². The zero-order valence-electron chi connectivity index (χ0n) is 13.1. The van der Waals surface area contributed by atoms with E-state index < -0.39 is 5.97 Å². The molecule has 2 heterocycles. The van der Waals surface area contributed by atoms with E-state index in [1.807, 2.05) is 0 Å². The van der Waals surface area contributed by atoms with Gasteiger partial charge in [-0.3, -0.25) is 9.59 Å². The second-order valence-electron chi connectivity index (χ2n) is 6.02. The Balaban J connectivity index is 1.75. The van der Waals surface area contributed by atoms with E-state index in [0.29, 0.717) is 32.4 Å². The molecule has 2 aliphatic rings. The molecule has 0 aromatic carbocycles. The number of hydrogen-bond donors (Lipinski definition) is 1. The molecule has 124 valence electrons. The average Bonchev–Trinajstić information content (AvgIpc) is 3.28. The second-order valence-corrected chi connectivity index (χ2v) is 6.02. The number of aliphatic carboxylic acids is 1. The van der Waals surface area contributed by atoms with Crippen molar-refractivity contribution >= 4 is 11.9 Å². The fourth-order valence-corrected chi connectivity index (χ4v) is 3.41. The highest BCUT2D eigenvalue weighted by Crippen LogP contribution is 2.59. The van der Waals surface area contributed by atoms with E-state index in [0.717, 1.165) is 0 Å². The summed E-state index contributed by atoms with van der Waals surface area (Å²) in [5.74, 6) is -0.885. The molecule has 1 saturated heterocycles. The van der Waals surface area contributed by atoms with Crippen molar-refractivity contribution in [2.24, 2.45) is 11.3 Å². The molecule has 1 aliphatic carbocycles. The number of piperidine rings is 1. The van der Waals surface area contributed by atoms with Crippen LogP contribution in [0.1, 0.15) is 29.6 Å². The van der Waals surface area contributed by atoms with Crippen LogP contribution in [-0.2, 0) is 4.79 Å². The Labute approximate surface area is 133 Å². The van der Waals surface area contributed by atoms with Gasteiger partial charge in [-0.05, 0) is 24.7 Å². The van der Waals surface area contributed by atoms with Gasteiger partial charge in [-0.1, -0.05) is 0 Å². The number of nitrogens with zero attached hydrogens (tertiary/aromatic N) is 3. The number of carbonyl (C=O) groups excluding carboxylic acids is 1. The lowest BCUT2D eigenvalue weighted by atomic mass is 9.90. The maximum absolute atomic E-state index is 12.8. The molecule has 1 amide bonds. The van der Waals surface area contributed by atoms with Crippen LogP contribution in [0.2, 0.25) is 0 Å². The number of ether oxygens (including phenoxy) is 2. The van der Waals surface area contributed by atoms with Gasteiger partial charge < -0.3 is 19.5 Å². The highest BCUT2D eigenvalue weighted by atomic mass is 16.5. The van der Waals surface area contributed by atoms with Gasteiger partial charge in [0.1, 0.15) is 6.33 Å². The number of carboxylic acid groups (broad SMARTS) is 1. The lowest BCUT2D eigenvalue weighted by Crippen LogP contribution is -2.40. The van der Waals surface area contributed by atoms with Crippen molar-refractivity contribution in [3.63, 3.8) is 0 Å². The van der Waals surface area contributed by atoms with Crippen LogP contribution < -0.4 is 9.47 Å². The molecule has 1 N–H and O–H groups in total. The fraction of sp³-hybridized carbons (Fsp3) is 0.600. The van der Waals surface area contributed by atoms with E-state index in [2.05, 4.69) is 9.97 Å². The number of likely N-dealkylation sites (tertiary alicyclic amines) is 1. The lowest BCUT2D eigenvalue weighted by Gasteiger charge is -2.32. The first-order valence-corrected chi connectivity index (χ1v) is 7.47. The minimum Gasteiger partial charge on any atom is -0.481 e. The van der Waals surface area contributed by atoms with Crippen molar-refractivity contribution in [3.05, 3.63) is 11.9 Å². The highest BCUT2D eigenvalue weighted by Gasteiger charge is 2.59. The number of amides is 1. The summed E-state index contributed by atoms with van der Waals surface area (Å²) in [5.41, 5.74) is 0.0864. The minimum absolute atomic E-state index is 0.121. The van der Waals surface area contributed by atoms with E-state index in [1.165, 1.54) is 20.5 Å². The first-order valence-electron chi connectivity index (χ1n) is 7.47. The molecule has 1 spiro atoms. The summed E-state index contributed by atoms with van der Waals surface area (Å²) >= 11 is 0. The summed E-state index contributed by atoms with van der Waals surface area (Å²) in [6.07, 6.45) is 3.40. The Morgan fingerprint density at radius 1 is 1.22 bits per heavy atom. The third kappa shape index (κ3) is 2.58. The number of carboxylic acids is 1. The van der Waals surface area contributed by atoms with Crippen LogP contribution >= 0.6 is 0 Å². The molecule has 1 saturated carbocycles. The summed E-state index contributed by atoms with van der Waals surface area (Å²) < 4.78 is 10.3. The predicted molar refractivity (Wildman–Crippen MR) is 78.4 cm³/mol. The predicted octanol–water partition coefficient (Wildman–Crippen LogP) is 0.821. The Morgan fingerprint density at radius 2 is 1.78 bits per heavy atom. The Bertz CT molecular complexity index is 618. The monoisotopic (exact) mass is 321 g/mol. The van der Waals surface area contributed by atoms with Crippen LogP contribution in [0.3, 0.4) is 0 Å². The van der Waals surface area contributed by atoms with E-state index in [-0.39, 0.29) is 34.6 Å². The molecule has 0 radical (unpaired) electrons. The van der Waals surface area contributed by atoms with Crippen molar-refractivity contribution in [3.8, 4) is 11.8 Å². The van der Waals surface area contributed by atoms with E-state index in [9.17, 15) is 9.59 Å². The maximum Gasteiger partial charge on any atom is 0.307 e. The normalized spacial score (nSPS) is 21.8. The summed E-state index contributed by atoms with van der Waals surface area (Å²) in [7, 11) is 2.87. The Hall–Kier alpha value is -2.38. The Morgan fingerprint density at radius 3 is 2.22 bits per heavy atom. The van der Waals surface area contributed by atoms with Crippen molar-refractivity contribution < 1.29 is 24.2 Å². The molecule has 1 aromatic rings. The van der Waals surface area contributed by atoms with Crippen molar-refractivity contribution in [1.82, 2.24) is 14.9 Å². The average molecular weight is 321 g/mol. The molecule has 1 aromatic heterocycles. The van der Waals surface area contributed by atoms with Gasteiger partial charge in [0.05, 0.1) is 20.1 Å². The smallest absolute Gasteiger partial charge is 0.307 e. The number of methoxy groups -OCH3 is 2. The van der Waals surface area contributed by atoms with Crippen LogP contribution in [0.5, 0.6) is 11.8 Å². The van der Waals surface area contributed by atoms with Crippen LogP contribution in [0.25, 0.3) is 0 Å². The Kier molecular flexibility index (Phi) is 3.83. The van der Waals surface area contributed by atoms with Gasteiger partial charge in [0.2, 0.25) is 11.8 Å². The molecule has 3 rings (SSSR count). The topological polar surface area (TPSA) is 102 Å². The first kappa shape index (κ1) is 15.5. The van der Waals surface area contributed by atoms with Crippen LogP contribution in [0, 0.1) is 11.3 Å². The highest BCUT2D eigenvalue weighted by molar-refractivity contribution is 5.98. The molecule has 8 heteroatoms. The van der Waals surface area contributed by atoms with Gasteiger partial charge in [0.25, 0.3) is 5.91 Å². The van der Waals surface area contributed by atoms with Crippen molar-refractivity contribution in [2.75, 3.05) is 27.3 Å². The van der Waals surface area contributed by atoms with Crippen molar-refractivity contribution in [2.45, 2.75) is 19.3 Å². The number of carbonyl (C=O) groups is 2. The van der Waals surface area contributed by atoms with Crippen molar-refractivity contribution in [1.29, 1.82) is 0 Å². The van der Waals surface area contributed by atoms with Gasteiger partial charge in [0, 0.05) is 13.1 Å². The van der Waals surface area contributed by atoms with Gasteiger partial charge in [-0.2, -0.15) is 0 Å². The molecule has 23 heavy (non-hydrogen) atoms. The SMILES string of the molecule is COc1ncnc(OC)c1C(=O)N1CCC2(CC1)CC2C(=O)O. The standard InChI is InChI=1S/C15H19N3O5/c1-22-11-10(12(23-2)17-8-16-11)13(19)18-5-3-15(4-6-18)7-9(15)14(20)21/h8-9H,3-7H2,1-2H3,(H,20,21). The molecule has 0 bridgehead atoms. The van der Waals surface area contributed by atoms with Crippen LogP contribution in [-0.4, -0.2) is 59.2 Å². The van der Waals surface area contributed by atoms with Gasteiger partial charge >= 0.3 is 5.97 Å². The lowest BCUT2D eigenvalue weighted by molar-refractivity contribution is -0.139. The summed E-state index contributed by atoms with van der Waals surface area (Å²) in [6.45, 7) is 1.04. The number of aromatic nitrogens is 2.